The number of aliphatic hydroxyl groups is 2. The molecule has 3 nitrogen and oxygen atoms in total. The summed E-state index contributed by atoms with van der Waals surface area (Å²) in [5.41, 5.74) is 0. The van der Waals surface area contributed by atoms with E-state index in [9.17, 15) is 0 Å². The van der Waals surface area contributed by atoms with Crippen molar-refractivity contribution in [2.75, 3.05) is 19.1 Å². The van der Waals surface area contributed by atoms with Crippen LogP contribution in [0.25, 0.3) is 0 Å². The summed E-state index contributed by atoms with van der Waals surface area (Å²) in [4.78, 5) is 0. The Morgan fingerprint density at radius 3 is 1.54 bits per heavy atom. The number of alkyl halides is 2. The molecule has 0 aliphatic rings. The van der Waals surface area contributed by atoms with Gasteiger partial charge in [0.25, 0.3) is 0 Å². The van der Waals surface area contributed by atoms with Gasteiger partial charge >= 0.3 is 0 Å². The Labute approximate surface area is 90.9 Å². The van der Waals surface area contributed by atoms with Gasteiger partial charge in [0.15, 0.2) is 0 Å². The second kappa shape index (κ2) is 58.2. The van der Waals surface area contributed by atoms with Crippen LogP contribution in [0, 0.1) is 11.3 Å². The maximum absolute atomic E-state index is 8.07. The molecule has 0 bridgehead atoms. The molecule has 0 saturated heterocycles. The smallest absolute Gasteiger partial charge is 0.0967 e. The molecule has 0 heterocycles. The lowest BCUT2D eigenvalue weighted by Crippen LogP contribution is -1.75. The molecule has 13 heavy (non-hydrogen) atoms. The first-order chi connectivity index (χ1) is 6.24. The van der Waals surface area contributed by atoms with Crippen molar-refractivity contribution in [3.05, 3.63) is 0 Å². The molecule has 0 aliphatic carbocycles. The van der Waals surface area contributed by atoms with Gasteiger partial charge in [-0.25, -0.2) is 0 Å². The minimum absolute atomic E-state index is 0.194. The van der Waals surface area contributed by atoms with E-state index in [1.165, 1.54) is 6.92 Å². The maximum Gasteiger partial charge on any atom is 0.0967 e. The Morgan fingerprint density at radius 2 is 1.54 bits per heavy atom. The van der Waals surface area contributed by atoms with E-state index >= 15 is 0 Å². The molecular weight excluding hydrogens is 213 g/mol. The van der Waals surface area contributed by atoms with E-state index in [0.29, 0.717) is 6.61 Å². The van der Waals surface area contributed by atoms with Gasteiger partial charge in [0.2, 0.25) is 0 Å². The number of unbranched alkanes of at least 4 members (excludes halogenated alkanes) is 1. The highest BCUT2D eigenvalue weighted by molar-refractivity contribution is 6.40. The summed E-state index contributed by atoms with van der Waals surface area (Å²) in [6.45, 7) is 3.83. The van der Waals surface area contributed by atoms with Gasteiger partial charge in [-0.05, 0) is 6.42 Å². The zero-order valence-corrected chi connectivity index (χ0v) is 9.94. The lowest BCUT2D eigenvalue weighted by molar-refractivity contribution is 0.287. The number of rotatable bonds is 2. The largest absolute Gasteiger partial charge is 0.400 e. The van der Waals surface area contributed by atoms with Crippen LogP contribution in [0.5, 0.6) is 0 Å². The highest BCUT2D eigenvalue weighted by atomic mass is 35.5. The van der Waals surface area contributed by atoms with Gasteiger partial charge in [-0.1, -0.05) is 13.3 Å². The standard InChI is InChI=1S/C4H10O.C2H3N.CH2Cl2.CH4O/c1-2-3-4-5;1-2-3;2-1-3;1-2/h5H,2-4H2,1H3;1H3;1H2;2H,1H3. The van der Waals surface area contributed by atoms with E-state index in [1.807, 2.05) is 0 Å². The topological polar surface area (TPSA) is 64.2 Å². The van der Waals surface area contributed by atoms with Crippen LogP contribution in [0.15, 0.2) is 0 Å². The minimum Gasteiger partial charge on any atom is -0.400 e. The third kappa shape index (κ3) is 302. The predicted octanol–water partition coefficient (Wildman–Crippen LogP) is 2.34. The van der Waals surface area contributed by atoms with E-state index in [1.54, 1.807) is 6.07 Å². The third-order valence-corrected chi connectivity index (χ3v) is 0.512. The second-order valence-electron chi connectivity index (χ2n) is 1.40. The normalized spacial score (nSPS) is 5.69. The van der Waals surface area contributed by atoms with E-state index in [2.05, 4.69) is 6.92 Å². The van der Waals surface area contributed by atoms with E-state index in [0.717, 1.165) is 20.0 Å². The van der Waals surface area contributed by atoms with E-state index in [-0.39, 0.29) is 5.34 Å². The van der Waals surface area contributed by atoms with E-state index < -0.39 is 0 Å². The lowest BCUT2D eigenvalue weighted by atomic mass is 10.4. The van der Waals surface area contributed by atoms with Crippen LogP contribution in [0.2, 0.25) is 0 Å². The van der Waals surface area contributed by atoms with Crippen molar-refractivity contribution in [2.45, 2.75) is 26.7 Å². The Bertz CT molecular complexity index is 75.0. The highest BCUT2D eigenvalue weighted by Gasteiger charge is 1.69. The van der Waals surface area contributed by atoms with Gasteiger partial charge in [0.1, 0.15) is 0 Å². The number of hydrogen-bond acceptors (Lipinski definition) is 3. The van der Waals surface area contributed by atoms with Crippen LogP contribution in [0.1, 0.15) is 26.7 Å². The summed E-state index contributed by atoms with van der Waals surface area (Å²) >= 11 is 9.53. The minimum atomic E-state index is 0.194. The summed E-state index contributed by atoms with van der Waals surface area (Å²) in [7, 11) is 1.00. The molecule has 0 spiro atoms. The number of halogens is 2. The van der Waals surface area contributed by atoms with Crippen LogP contribution in [-0.2, 0) is 0 Å². The number of nitrogens with zero attached hydrogens (tertiary/aromatic N) is 1. The van der Waals surface area contributed by atoms with Crippen LogP contribution in [-0.4, -0.2) is 29.3 Å². The summed E-state index contributed by atoms with van der Waals surface area (Å²) in [6, 6.07) is 1.75. The van der Waals surface area contributed by atoms with Gasteiger partial charge in [-0.2, -0.15) is 5.26 Å². The molecule has 0 atom stereocenters. The Hall–Kier alpha value is -0.0100. The lowest BCUT2D eigenvalue weighted by Gasteiger charge is -1.79. The van der Waals surface area contributed by atoms with Crippen molar-refractivity contribution in [1.29, 1.82) is 5.26 Å². The average molecular weight is 232 g/mol. The fourth-order valence-electron chi connectivity index (χ4n) is 0.158. The summed E-state index contributed by atoms with van der Waals surface area (Å²) in [5.74, 6) is 0. The van der Waals surface area contributed by atoms with Crippen molar-refractivity contribution < 1.29 is 10.2 Å². The molecule has 5 heteroatoms. The highest BCUT2D eigenvalue weighted by Crippen LogP contribution is 1.78. The number of hydrogen-bond donors (Lipinski definition) is 2. The zero-order valence-electron chi connectivity index (χ0n) is 8.43. The molecule has 0 fully saturated rings. The molecule has 82 valence electrons. The molecule has 0 radical (unpaired) electrons. The van der Waals surface area contributed by atoms with E-state index in [4.69, 9.17) is 38.7 Å². The molecule has 2 N–H and O–H groups in total. The van der Waals surface area contributed by atoms with Crippen molar-refractivity contribution in [2.24, 2.45) is 0 Å². The molecule has 0 aromatic rings. The molecule has 0 aromatic heterocycles. The predicted molar refractivity (Wildman–Crippen MR) is 58.0 cm³/mol. The molecule has 0 aliphatic heterocycles. The summed E-state index contributed by atoms with van der Waals surface area (Å²) in [6.07, 6.45) is 2.04. The Morgan fingerprint density at radius 1 is 1.31 bits per heavy atom. The molecule has 0 saturated carbocycles. The number of aliphatic hydroxyl groups excluding tert-OH is 2. The quantitative estimate of drug-likeness (QED) is 0.718. The van der Waals surface area contributed by atoms with Crippen molar-refractivity contribution in [3.8, 4) is 6.07 Å². The summed E-state index contributed by atoms with van der Waals surface area (Å²) < 4.78 is 0. The van der Waals surface area contributed by atoms with Gasteiger partial charge in [-0.3, -0.25) is 0 Å². The fourth-order valence-corrected chi connectivity index (χ4v) is 0.158. The van der Waals surface area contributed by atoms with Crippen molar-refractivity contribution >= 4 is 23.2 Å². The van der Waals surface area contributed by atoms with Gasteiger partial charge in [0, 0.05) is 20.6 Å². The fraction of sp³-hybridized carbons (Fsp3) is 0.875. The van der Waals surface area contributed by atoms with Gasteiger partial charge in [-0.15, -0.1) is 23.2 Å². The van der Waals surface area contributed by atoms with Crippen LogP contribution < -0.4 is 0 Å². The monoisotopic (exact) mass is 231 g/mol. The first kappa shape index (κ1) is 23.1. The molecule has 0 aromatic carbocycles. The Kier molecular flexibility index (Phi) is 103. The van der Waals surface area contributed by atoms with Crippen LogP contribution in [0.4, 0.5) is 0 Å². The molecular formula is C8H19Cl2NO2. The SMILES string of the molecule is CC#N.CCCCO.CO.ClCCl. The Balaban J connectivity index is -0.0000000446. The van der Waals surface area contributed by atoms with Crippen molar-refractivity contribution in [3.63, 3.8) is 0 Å². The third-order valence-electron chi connectivity index (χ3n) is 0.512. The van der Waals surface area contributed by atoms with Crippen LogP contribution >= 0.6 is 23.2 Å². The van der Waals surface area contributed by atoms with Crippen molar-refractivity contribution in [1.82, 2.24) is 0 Å². The summed E-state index contributed by atoms with van der Waals surface area (Å²) in [5, 5.41) is 22.6. The van der Waals surface area contributed by atoms with Crippen LogP contribution in [0.3, 0.4) is 0 Å². The van der Waals surface area contributed by atoms with Gasteiger partial charge in [0.05, 0.1) is 11.4 Å². The average Bonchev–Trinajstić information content (AvgIpc) is 2.12. The molecule has 0 amide bonds. The first-order valence-electron chi connectivity index (χ1n) is 3.73. The maximum atomic E-state index is 8.07. The first-order valence-corrected chi connectivity index (χ1v) is 4.80. The van der Waals surface area contributed by atoms with Gasteiger partial charge < -0.3 is 10.2 Å². The zero-order chi connectivity index (χ0) is 11.5. The number of nitriles is 1. The molecule has 0 rings (SSSR count). The molecule has 0 unspecified atom stereocenters. The second-order valence-corrected chi connectivity index (χ2v) is 2.21.